The maximum absolute atomic E-state index is 5.68. The molecule has 0 spiro atoms. The number of hydrogen-bond donors (Lipinski definition) is 0. The van der Waals surface area contributed by atoms with E-state index in [-0.39, 0.29) is 0 Å². The van der Waals surface area contributed by atoms with Gasteiger partial charge in [-0.3, -0.25) is 0 Å². The van der Waals surface area contributed by atoms with Crippen molar-refractivity contribution in [2.24, 2.45) is 0 Å². The molecule has 88 valence electrons. The molecule has 0 atom stereocenters. The van der Waals surface area contributed by atoms with Gasteiger partial charge in [-0.05, 0) is 25.5 Å². The smallest absolute Gasteiger partial charge is 0.252 e. The van der Waals surface area contributed by atoms with E-state index in [1.807, 2.05) is 18.2 Å². The fourth-order valence-electron chi connectivity index (χ4n) is 1.91. The van der Waals surface area contributed by atoms with Crippen LogP contribution in [0.1, 0.15) is 16.7 Å². The Balaban J connectivity index is 1.90. The van der Waals surface area contributed by atoms with Crippen molar-refractivity contribution in [3.05, 3.63) is 65.5 Å². The van der Waals surface area contributed by atoms with Gasteiger partial charge < -0.3 is 4.74 Å². The highest BCUT2D eigenvalue weighted by Crippen LogP contribution is 2.01. The van der Waals surface area contributed by atoms with Crippen molar-refractivity contribution in [3.8, 4) is 0 Å². The van der Waals surface area contributed by atoms with E-state index >= 15 is 0 Å². The van der Waals surface area contributed by atoms with Gasteiger partial charge in [-0.1, -0.05) is 30.3 Å². The van der Waals surface area contributed by atoms with Gasteiger partial charge in [-0.2, -0.15) is 4.57 Å². The largest absolute Gasteiger partial charge is 0.318 e. The molecule has 0 bridgehead atoms. The van der Waals surface area contributed by atoms with Crippen molar-refractivity contribution in [1.29, 1.82) is 0 Å². The topological polar surface area (TPSA) is 13.1 Å². The maximum atomic E-state index is 5.68. The van der Waals surface area contributed by atoms with Gasteiger partial charge >= 0.3 is 0 Å². The second-order valence-electron chi connectivity index (χ2n) is 4.37. The van der Waals surface area contributed by atoms with Crippen LogP contribution in [-0.2, 0) is 18.1 Å². The third kappa shape index (κ3) is 3.68. The minimum absolute atomic E-state index is 0.595. The Morgan fingerprint density at radius 2 is 1.65 bits per heavy atom. The highest BCUT2D eigenvalue weighted by molar-refractivity contribution is 5.13. The molecular formula is C15H18NO+. The fourth-order valence-corrected chi connectivity index (χ4v) is 1.91. The van der Waals surface area contributed by atoms with Crippen LogP contribution in [0.25, 0.3) is 0 Å². The van der Waals surface area contributed by atoms with Crippen LogP contribution in [0.2, 0.25) is 0 Å². The summed E-state index contributed by atoms with van der Waals surface area (Å²) in [5.41, 5.74) is 3.72. The highest BCUT2D eigenvalue weighted by Gasteiger charge is 2.02. The zero-order valence-corrected chi connectivity index (χ0v) is 10.4. The first kappa shape index (κ1) is 11.8. The van der Waals surface area contributed by atoms with Gasteiger partial charge in [0.2, 0.25) is 0 Å². The predicted molar refractivity (Wildman–Crippen MR) is 67.3 cm³/mol. The zero-order valence-electron chi connectivity index (χ0n) is 10.4. The van der Waals surface area contributed by atoms with Gasteiger partial charge in [0.05, 0.1) is 6.61 Å². The summed E-state index contributed by atoms with van der Waals surface area (Å²) in [5.74, 6) is 0. The lowest BCUT2D eigenvalue weighted by Crippen LogP contribution is -2.35. The molecule has 0 aliphatic rings. The summed E-state index contributed by atoms with van der Waals surface area (Å²) in [7, 11) is 0. The number of aryl methyl sites for hydroxylation is 2. The van der Waals surface area contributed by atoms with Crippen molar-refractivity contribution in [2.45, 2.75) is 27.2 Å². The Morgan fingerprint density at radius 3 is 2.29 bits per heavy atom. The van der Waals surface area contributed by atoms with E-state index in [1.54, 1.807) is 0 Å². The second-order valence-corrected chi connectivity index (χ2v) is 4.37. The Hall–Kier alpha value is -1.67. The van der Waals surface area contributed by atoms with Crippen LogP contribution >= 0.6 is 0 Å². The minimum atomic E-state index is 0.595. The number of ether oxygens (including phenoxy) is 1. The molecule has 2 heteroatoms. The van der Waals surface area contributed by atoms with E-state index in [1.165, 1.54) is 16.7 Å². The average molecular weight is 228 g/mol. The van der Waals surface area contributed by atoms with Crippen molar-refractivity contribution in [3.63, 3.8) is 0 Å². The molecule has 0 saturated heterocycles. The normalized spacial score (nSPS) is 10.5. The molecule has 17 heavy (non-hydrogen) atoms. The summed E-state index contributed by atoms with van der Waals surface area (Å²) in [6.07, 6.45) is 4.19. The van der Waals surface area contributed by atoms with Crippen LogP contribution in [0, 0.1) is 13.8 Å². The molecular weight excluding hydrogens is 210 g/mol. The van der Waals surface area contributed by atoms with E-state index < -0.39 is 0 Å². The molecule has 1 heterocycles. The van der Waals surface area contributed by atoms with Crippen LogP contribution in [-0.4, -0.2) is 0 Å². The molecule has 0 N–H and O–H groups in total. The van der Waals surface area contributed by atoms with E-state index in [2.05, 4.69) is 49.0 Å². The molecule has 2 rings (SSSR count). The van der Waals surface area contributed by atoms with E-state index in [4.69, 9.17) is 4.74 Å². The van der Waals surface area contributed by atoms with Gasteiger partial charge in [-0.15, -0.1) is 0 Å². The van der Waals surface area contributed by atoms with Crippen molar-refractivity contribution >= 4 is 0 Å². The Bertz CT molecular complexity index is 459. The van der Waals surface area contributed by atoms with Crippen LogP contribution in [0.5, 0.6) is 0 Å². The van der Waals surface area contributed by atoms with Gasteiger partial charge in [-0.25, -0.2) is 0 Å². The van der Waals surface area contributed by atoms with Gasteiger partial charge in [0.15, 0.2) is 12.4 Å². The number of nitrogens with zero attached hydrogens (tertiary/aromatic N) is 1. The molecule has 0 aliphatic carbocycles. The fraction of sp³-hybridized carbons (Fsp3) is 0.267. The lowest BCUT2D eigenvalue weighted by atomic mass is 10.2. The number of hydrogen-bond acceptors (Lipinski definition) is 1. The molecule has 0 radical (unpaired) electrons. The first-order valence-electron chi connectivity index (χ1n) is 5.83. The predicted octanol–water partition coefficient (Wildman–Crippen LogP) is 2.77. The number of benzene rings is 1. The first-order chi connectivity index (χ1) is 8.24. The van der Waals surface area contributed by atoms with Gasteiger partial charge in [0, 0.05) is 11.1 Å². The maximum Gasteiger partial charge on any atom is 0.252 e. The summed E-state index contributed by atoms with van der Waals surface area (Å²) in [5, 5.41) is 0. The molecule has 1 aromatic heterocycles. The summed E-state index contributed by atoms with van der Waals surface area (Å²) in [6.45, 7) is 5.44. The summed E-state index contributed by atoms with van der Waals surface area (Å²) in [6, 6.07) is 12.4. The van der Waals surface area contributed by atoms with E-state index in [0.717, 1.165) is 0 Å². The molecule has 0 amide bonds. The third-order valence-corrected chi connectivity index (χ3v) is 2.55. The molecule has 0 fully saturated rings. The molecule has 2 nitrogen and oxygen atoms in total. The van der Waals surface area contributed by atoms with Crippen LogP contribution in [0.4, 0.5) is 0 Å². The third-order valence-electron chi connectivity index (χ3n) is 2.55. The van der Waals surface area contributed by atoms with Gasteiger partial charge in [0.25, 0.3) is 6.73 Å². The Kier molecular flexibility index (Phi) is 3.89. The second kappa shape index (κ2) is 5.60. The molecule has 1 aromatic carbocycles. The molecule has 2 aromatic rings. The Morgan fingerprint density at radius 1 is 1.00 bits per heavy atom. The first-order valence-corrected chi connectivity index (χ1v) is 5.83. The number of aromatic nitrogens is 1. The SMILES string of the molecule is Cc1cc(C)c[n+](COCc2ccccc2)c1. The van der Waals surface area contributed by atoms with Crippen LogP contribution in [0.3, 0.4) is 0 Å². The molecule has 0 aliphatic heterocycles. The van der Waals surface area contributed by atoms with E-state index in [0.29, 0.717) is 13.3 Å². The highest BCUT2D eigenvalue weighted by atomic mass is 16.5. The average Bonchev–Trinajstić information content (AvgIpc) is 2.29. The Labute approximate surface area is 102 Å². The van der Waals surface area contributed by atoms with Crippen LogP contribution in [0.15, 0.2) is 48.8 Å². The molecule has 0 unspecified atom stereocenters. The van der Waals surface area contributed by atoms with Crippen molar-refractivity contribution < 1.29 is 9.30 Å². The number of rotatable bonds is 4. The molecule has 0 saturated carbocycles. The van der Waals surface area contributed by atoms with Crippen LogP contribution < -0.4 is 4.57 Å². The van der Waals surface area contributed by atoms with Crippen molar-refractivity contribution in [2.75, 3.05) is 0 Å². The summed E-state index contributed by atoms with van der Waals surface area (Å²) in [4.78, 5) is 0. The quantitative estimate of drug-likeness (QED) is 0.733. The lowest BCUT2D eigenvalue weighted by Gasteiger charge is -2.02. The number of pyridine rings is 1. The lowest BCUT2D eigenvalue weighted by molar-refractivity contribution is -0.734. The zero-order chi connectivity index (χ0) is 12.1. The van der Waals surface area contributed by atoms with Crippen molar-refractivity contribution in [1.82, 2.24) is 0 Å². The van der Waals surface area contributed by atoms with Gasteiger partial charge in [0.1, 0.15) is 0 Å². The summed E-state index contributed by atoms with van der Waals surface area (Å²) >= 11 is 0. The monoisotopic (exact) mass is 228 g/mol. The summed E-state index contributed by atoms with van der Waals surface area (Å²) < 4.78 is 7.76. The standard InChI is InChI=1S/C15H18NO/c1-13-8-14(2)10-16(9-13)12-17-11-15-6-4-3-5-7-15/h3-10H,11-12H2,1-2H3/q+1. The minimum Gasteiger partial charge on any atom is -0.318 e. The van der Waals surface area contributed by atoms with E-state index in [9.17, 15) is 0 Å².